The Morgan fingerprint density at radius 1 is 1.33 bits per heavy atom. The number of nitrogens with zero attached hydrogens (tertiary/aromatic N) is 4. The second-order valence-electron chi connectivity index (χ2n) is 4.88. The van der Waals surface area contributed by atoms with Crippen molar-refractivity contribution in [3.8, 4) is 0 Å². The van der Waals surface area contributed by atoms with Gasteiger partial charge >= 0.3 is 0 Å². The maximum absolute atomic E-state index is 12.4. The van der Waals surface area contributed by atoms with Crippen molar-refractivity contribution < 1.29 is 0 Å². The molecule has 8 heteroatoms. The summed E-state index contributed by atoms with van der Waals surface area (Å²) in [7, 11) is 0. The fourth-order valence-corrected chi connectivity index (χ4v) is 5.19. The van der Waals surface area contributed by atoms with E-state index in [1.165, 1.54) is 34.7 Å². The van der Waals surface area contributed by atoms with Crippen LogP contribution in [0.5, 0.6) is 0 Å². The van der Waals surface area contributed by atoms with Gasteiger partial charge in [-0.1, -0.05) is 23.1 Å². The summed E-state index contributed by atoms with van der Waals surface area (Å²) in [6.07, 6.45) is 4.46. The van der Waals surface area contributed by atoms with Gasteiger partial charge in [-0.3, -0.25) is 9.20 Å². The van der Waals surface area contributed by atoms with Crippen LogP contribution in [0.4, 0.5) is 0 Å². The lowest BCUT2D eigenvalue weighted by atomic mass is 10.0. The standard InChI is InChI=1S/C13H12N4OS3/c18-11-5-8(6-19-13-16-14-7-20-13)15-12-17(11)9-3-1-2-4-10(9)21-12/h5,7H,1-4,6H2. The molecule has 3 heterocycles. The third kappa shape index (κ3) is 2.51. The summed E-state index contributed by atoms with van der Waals surface area (Å²) in [5.41, 5.74) is 3.76. The van der Waals surface area contributed by atoms with E-state index in [2.05, 4.69) is 15.2 Å². The van der Waals surface area contributed by atoms with Gasteiger partial charge in [0.15, 0.2) is 9.30 Å². The molecule has 0 aliphatic heterocycles. The minimum Gasteiger partial charge on any atom is -0.269 e. The van der Waals surface area contributed by atoms with E-state index in [0.717, 1.165) is 27.8 Å². The molecule has 0 atom stereocenters. The average Bonchev–Trinajstić information content (AvgIpc) is 3.12. The summed E-state index contributed by atoms with van der Waals surface area (Å²) in [6, 6.07) is 1.66. The lowest BCUT2D eigenvalue weighted by Crippen LogP contribution is -2.17. The van der Waals surface area contributed by atoms with Gasteiger partial charge in [0.1, 0.15) is 5.51 Å². The van der Waals surface area contributed by atoms with Gasteiger partial charge in [0, 0.05) is 22.4 Å². The van der Waals surface area contributed by atoms with Crippen molar-refractivity contribution in [2.45, 2.75) is 35.8 Å². The quantitative estimate of drug-likeness (QED) is 0.688. The van der Waals surface area contributed by atoms with Gasteiger partial charge in [0.2, 0.25) is 0 Å². The molecule has 21 heavy (non-hydrogen) atoms. The van der Waals surface area contributed by atoms with Gasteiger partial charge in [0.05, 0.1) is 5.69 Å². The number of thiazole rings is 1. The predicted octanol–water partition coefficient (Wildman–Crippen LogP) is 2.78. The molecule has 0 spiro atoms. The van der Waals surface area contributed by atoms with Crippen LogP contribution in [0.15, 0.2) is 20.7 Å². The zero-order valence-corrected chi connectivity index (χ0v) is 13.6. The number of aromatic nitrogens is 4. The Labute approximate surface area is 133 Å². The first-order valence-corrected chi connectivity index (χ1v) is 9.41. The first-order valence-electron chi connectivity index (χ1n) is 6.73. The van der Waals surface area contributed by atoms with Crippen LogP contribution in [0.2, 0.25) is 0 Å². The summed E-state index contributed by atoms with van der Waals surface area (Å²) in [6.45, 7) is 0. The highest BCUT2D eigenvalue weighted by atomic mass is 32.2. The van der Waals surface area contributed by atoms with Crippen LogP contribution < -0.4 is 5.56 Å². The zero-order chi connectivity index (χ0) is 14.2. The monoisotopic (exact) mass is 336 g/mol. The Balaban J connectivity index is 1.70. The largest absolute Gasteiger partial charge is 0.269 e. The minimum absolute atomic E-state index is 0.0484. The molecule has 3 aromatic heterocycles. The van der Waals surface area contributed by atoms with E-state index in [1.807, 2.05) is 0 Å². The van der Waals surface area contributed by atoms with E-state index in [9.17, 15) is 4.79 Å². The Hall–Kier alpha value is -1.25. The highest BCUT2D eigenvalue weighted by Gasteiger charge is 2.18. The van der Waals surface area contributed by atoms with E-state index in [-0.39, 0.29) is 5.56 Å². The molecule has 0 saturated heterocycles. The van der Waals surface area contributed by atoms with Crippen molar-refractivity contribution in [2.75, 3.05) is 0 Å². The minimum atomic E-state index is 0.0484. The molecule has 4 rings (SSSR count). The van der Waals surface area contributed by atoms with Gasteiger partial charge in [-0.25, -0.2) is 4.98 Å². The summed E-state index contributed by atoms with van der Waals surface area (Å²) >= 11 is 4.74. The SMILES string of the molecule is O=c1cc(CSc2nncs2)nc2sc3c(n12)CCCC3. The number of fused-ring (bicyclic) bond motifs is 3. The maximum atomic E-state index is 12.4. The fraction of sp³-hybridized carbons (Fsp3) is 0.385. The first kappa shape index (κ1) is 13.4. The Bertz CT molecular complexity index is 837. The van der Waals surface area contributed by atoms with Crippen molar-refractivity contribution in [1.82, 2.24) is 19.6 Å². The predicted molar refractivity (Wildman–Crippen MR) is 85.5 cm³/mol. The lowest BCUT2D eigenvalue weighted by Gasteiger charge is -2.09. The van der Waals surface area contributed by atoms with Crippen LogP contribution in [-0.4, -0.2) is 19.6 Å². The molecule has 0 N–H and O–H groups in total. The molecule has 3 aromatic rings. The van der Waals surface area contributed by atoms with Crippen molar-refractivity contribution >= 4 is 39.4 Å². The van der Waals surface area contributed by atoms with Crippen LogP contribution in [-0.2, 0) is 18.6 Å². The van der Waals surface area contributed by atoms with Crippen LogP contribution in [0.3, 0.4) is 0 Å². The molecule has 5 nitrogen and oxygen atoms in total. The van der Waals surface area contributed by atoms with Crippen molar-refractivity contribution in [1.29, 1.82) is 0 Å². The number of aryl methyl sites for hydroxylation is 2. The van der Waals surface area contributed by atoms with Crippen LogP contribution >= 0.6 is 34.4 Å². The van der Waals surface area contributed by atoms with Crippen LogP contribution in [0, 0.1) is 0 Å². The van der Waals surface area contributed by atoms with Crippen LogP contribution in [0.25, 0.3) is 4.96 Å². The maximum Gasteiger partial charge on any atom is 0.259 e. The third-order valence-electron chi connectivity index (χ3n) is 3.50. The molecule has 1 aliphatic rings. The van der Waals surface area contributed by atoms with Crippen molar-refractivity contribution in [2.24, 2.45) is 0 Å². The van der Waals surface area contributed by atoms with Gasteiger partial charge in [-0.2, -0.15) is 0 Å². The molecule has 0 amide bonds. The Morgan fingerprint density at radius 2 is 2.24 bits per heavy atom. The molecule has 0 bridgehead atoms. The fourth-order valence-electron chi connectivity index (χ4n) is 2.58. The first-order chi connectivity index (χ1) is 10.3. The highest BCUT2D eigenvalue weighted by molar-refractivity contribution is 8.00. The smallest absolute Gasteiger partial charge is 0.259 e. The molecule has 108 valence electrons. The molecule has 0 saturated carbocycles. The highest BCUT2D eigenvalue weighted by Crippen LogP contribution is 2.29. The van der Waals surface area contributed by atoms with Crippen molar-refractivity contribution in [3.05, 3.63) is 38.2 Å². The summed E-state index contributed by atoms with van der Waals surface area (Å²) < 4.78 is 2.71. The van der Waals surface area contributed by atoms with E-state index >= 15 is 0 Å². The molecule has 0 radical (unpaired) electrons. The normalized spacial score (nSPS) is 14.5. The summed E-state index contributed by atoms with van der Waals surface area (Å²) in [5.74, 6) is 0.656. The molecular weight excluding hydrogens is 324 g/mol. The van der Waals surface area contributed by atoms with Gasteiger partial charge in [-0.15, -0.1) is 21.5 Å². The van der Waals surface area contributed by atoms with E-state index in [0.29, 0.717) is 5.75 Å². The number of hydrogen-bond donors (Lipinski definition) is 0. The lowest BCUT2D eigenvalue weighted by molar-refractivity contribution is 0.670. The van der Waals surface area contributed by atoms with Crippen LogP contribution in [0.1, 0.15) is 29.1 Å². The number of thioether (sulfide) groups is 1. The summed E-state index contributed by atoms with van der Waals surface area (Å²) in [5, 5.41) is 7.80. The van der Waals surface area contributed by atoms with Crippen molar-refractivity contribution in [3.63, 3.8) is 0 Å². The molecular formula is C13H12N4OS3. The number of rotatable bonds is 3. The molecule has 0 unspecified atom stereocenters. The van der Waals surface area contributed by atoms with Gasteiger partial charge in [0.25, 0.3) is 5.56 Å². The average molecular weight is 336 g/mol. The second kappa shape index (κ2) is 5.51. The third-order valence-corrected chi connectivity index (χ3v) is 6.53. The molecule has 0 aromatic carbocycles. The summed E-state index contributed by atoms with van der Waals surface area (Å²) in [4.78, 5) is 19.2. The molecule has 1 aliphatic carbocycles. The van der Waals surface area contributed by atoms with E-state index < -0.39 is 0 Å². The zero-order valence-electron chi connectivity index (χ0n) is 11.1. The van der Waals surface area contributed by atoms with E-state index in [4.69, 9.17) is 0 Å². The Morgan fingerprint density at radius 3 is 3.10 bits per heavy atom. The van der Waals surface area contributed by atoms with E-state index in [1.54, 1.807) is 39.1 Å². The Kier molecular flexibility index (Phi) is 3.52. The van der Waals surface area contributed by atoms with Gasteiger partial charge in [-0.05, 0) is 25.7 Å². The number of hydrogen-bond acceptors (Lipinski definition) is 7. The second-order valence-corrected chi connectivity index (χ2v) is 7.99. The molecule has 0 fully saturated rings. The van der Waals surface area contributed by atoms with Gasteiger partial charge < -0.3 is 0 Å². The topological polar surface area (TPSA) is 60.2 Å².